The smallest absolute Gasteiger partial charge is 0.344 e. The molecule has 0 aliphatic heterocycles. The Morgan fingerprint density at radius 2 is 1.81 bits per heavy atom. The van der Waals surface area contributed by atoms with Gasteiger partial charge in [-0.3, -0.25) is 0 Å². The van der Waals surface area contributed by atoms with E-state index in [4.69, 9.17) is 4.42 Å². The quantitative estimate of drug-likeness (QED) is 0.730. The van der Waals surface area contributed by atoms with Crippen LogP contribution in [0.3, 0.4) is 0 Å². The molecule has 0 atom stereocenters. The van der Waals surface area contributed by atoms with Crippen molar-refractivity contribution in [2.75, 3.05) is 0 Å². The van der Waals surface area contributed by atoms with E-state index in [2.05, 4.69) is 26.8 Å². The molecule has 2 nitrogen and oxygen atoms in total. The molecule has 0 saturated heterocycles. The molecule has 0 unspecified atom stereocenters. The monoisotopic (exact) mass is 216 g/mol. The van der Waals surface area contributed by atoms with E-state index in [0.717, 1.165) is 16.3 Å². The zero-order chi connectivity index (χ0) is 11.9. The summed E-state index contributed by atoms with van der Waals surface area (Å²) < 4.78 is 5.17. The molecule has 0 aliphatic rings. The van der Waals surface area contributed by atoms with Crippen LogP contribution < -0.4 is 5.63 Å². The maximum Gasteiger partial charge on any atom is 0.344 e. The van der Waals surface area contributed by atoms with Crippen molar-refractivity contribution in [3.63, 3.8) is 0 Å². The molecule has 2 aromatic rings. The normalized spacial score (nSPS) is 11.3. The van der Waals surface area contributed by atoms with Crippen LogP contribution in [0.1, 0.15) is 36.7 Å². The van der Waals surface area contributed by atoms with Gasteiger partial charge in [0.1, 0.15) is 5.76 Å². The van der Waals surface area contributed by atoms with E-state index in [1.54, 1.807) is 6.92 Å². The van der Waals surface area contributed by atoms with E-state index < -0.39 is 0 Å². The molecule has 1 heterocycles. The summed E-state index contributed by atoms with van der Waals surface area (Å²) in [5, 5.41) is 1.71. The lowest BCUT2D eigenvalue weighted by atomic mass is 9.95. The standard InChI is InChI=1S/C14H16O2/c1-8(2)12-6-9(3)5-11-7-10(4)16-14(15)13(11)12/h5-8H,1-4H3. The molecular formula is C14H16O2. The van der Waals surface area contributed by atoms with Gasteiger partial charge >= 0.3 is 5.63 Å². The third-order valence-electron chi connectivity index (χ3n) is 2.78. The number of fused-ring (bicyclic) bond motifs is 1. The van der Waals surface area contributed by atoms with Crippen molar-refractivity contribution in [2.24, 2.45) is 0 Å². The second-order valence-electron chi connectivity index (χ2n) is 4.62. The molecule has 0 bridgehead atoms. The largest absolute Gasteiger partial charge is 0.428 e. The van der Waals surface area contributed by atoms with E-state index in [-0.39, 0.29) is 5.63 Å². The van der Waals surface area contributed by atoms with Gasteiger partial charge in [-0.15, -0.1) is 0 Å². The van der Waals surface area contributed by atoms with Crippen LogP contribution in [0.2, 0.25) is 0 Å². The van der Waals surface area contributed by atoms with Gasteiger partial charge < -0.3 is 4.42 Å². The van der Waals surface area contributed by atoms with Gasteiger partial charge in [-0.1, -0.05) is 31.5 Å². The van der Waals surface area contributed by atoms with Gasteiger partial charge in [0.15, 0.2) is 0 Å². The molecule has 0 radical (unpaired) electrons. The predicted octanol–water partition coefficient (Wildman–Crippen LogP) is 3.53. The number of rotatable bonds is 1. The summed E-state index contributed by atoms with van der Waals surface area (Å²) in [6.45, 7) is 8.04. The highest BCUT2D eigenvalue weighted by Crippen LogP contribution is 2.25. The average Bonchev–Trinajstić information content (AvgIpc) is 2.14. The molecular weight excluding hydrogens is 200 g/mol. The maximum absolute atomic E-state index is 11.9. The van der Waals surface area contributed by atoms with Crippen LogP contribution in [0.4, 0.5) is 0 Å². The Labute approximate surface area is 94.9 Å². The molecule has 0 N–H and O–H groups in total. The van der Waals surface area contributed by atoms with E-state index >= 15 is 0 Å². The Hall–Kier alpha value is -1.57. The summed E-state index contributed by atoms with van der Waals surface area (Å²) >= 11 is 0. The summed E-state index contributed by atoms with van der Waals surface area (Å²) in [7, 11) is 0. The summed E-state index contributed by atoms with van der Waals surface area (Å²) in [5.41, 5.74) is 2.03. The molecule has 2 rings (SSSR count). The number of benzene rings is 1. The van der Waals surface area contributed by atoms with Gasteiger partial charge in [0.25, 0.3) is 0 Å². The van der Waals surface area contributed by atoms with Crippen molar-refractivity contribution >= 4 is 10.8 Å². The van der Waals surface area contributed by atoms with Crippen molar-refractivity contribution in [3.8, 4) is 0 Å². The predicted molar refractivity (Wildman–Crippen MR) is 66.0 cm³/mol. The van der Waals surface area contributed by atoms with Crippen LogP contribution in [-0.2, 0) is 0 Å². The molecule has 84 valence electrons. The summed E-state index contributed by atoms with van der Waals surface area (Å²) in [6, 6.07) is 6.03. The Balaban J connectivity index is 2.96. The Kier molecular flexibility index (Phi) is 2.58. The van der Waals surface area contributed by atoms with Gasteiger partial charge in [0, 0.05) is 0 Å². The van der Waals surface area contributed by atoms with Gasteiger partial charge in [0.05, 0.1) is 5.39 Å². The highest BCUT2D eigenvalue weighted by Gasteiger charge is 2.11. The lowest BCUT2D eigenvalue weighted by Crippen LogP contribution is -2.05. The first-order valence-corrected chi connectivity index (χ1v) is 5.54. The fraction of sp³-hybridized carbons (Fsp3) is 0.357. The van der Waals surface area contributed by atoms with Crippen LogP contribution in [0, 0.1) is 13.8 Å². The third kappa shape index (κ3) is 1.75. The molecule has 1 aromatic heterocycles. The minimum Gasteiger partial charge on any atom is -0.428 e. The molecule has 0 amide bonds. The number of hydrogen-bond donors (Lipinski definition) is 0. The fourth-order valence-electron chi connectivity index (χ4n) is 2.09. The van der Waals surface area contributed by atoms with Crippen molar-refractivity contribution < 1.29 is 4.42 Å². The second-order valence-corrected chi connectivity index (χ2v) is 4.62. The minimum absolute atomic E-state index is 0.223. The van der Waals surface area contributed by atoms with Crippen molar-refractivity contribution in [1.82, 2.24) is 0 Å². The topological polar surface area (TPSA) is 30.2 Å². The van der Waals surface area contributed by atoms with Gasteiger partial charge in [-0.05, 0) is 36.8 Å². The van der Waals surface area contributed by atoms with Crippen LogP contribution in [0.5, 0.6) is 0 Å². The Morgan fingerprint density at radius 1 is 1.12 bits per heavy atom. The number of aryl methyl sites for hydroxylation is 2. The first kappa shape index (κ1) is 10.9. The minimum atomic E-state index is -0.223. The molecule has 0 saturated carbocycles. The van der Waals surface area contributed by atoms with Crippen LogP contribution in [0.15, 0.2) is 27.4 Å². The lowest BCUT2D eigenvalue weighted by molar-refractivity contribution is 0.488. The van der Waals surface area contributed by atoms with E-state index in [1.165, 1.54) is 5.56 Å². The highest BCUT2D eigenvalue weighted by molar-refractivity contribution is 5.85. The summed E-state index contributed by atoms with van der Waals surface area (Å²) in [6.07, 6.45) is 0. The first-order chi connectivity index (χ1) is 7.49. The van der Waals surface area contributed by atoms with Crippen molar-refractivity contribution in [3.05, 3.63) is 45.5 Å². The first-order valence-electron chi connectivity index (χ1n) is 5.54. The van der Waals surface area contributed by atoms with Crippen molar-refractivity contribution in [1.29, 1.82) is 0 Å². The van der Waals surface area contributed by atoms with Gasteiger partial charge in [0.2, 0.25) is 0 Å². The number of hydrogen-bond acceptors (Lipinski definition) is 2. The third-order valence-corrected chi connectivity index (χ3v) is 2.78. The lowest BCUT2D eigenvalue weighted by Gasteiger charge is -2.10. The SMILES string of the molecule is Cc1cc(C(C)C)c2c(=O)oc(C)cc2c1. The average molecular weight is 216 g/mol. The van der Waals surface area contributed by atoms with Crippen LogP contribution in [-0.4, -0.2) is 0 Å². The zero-order valence-corrected chi connectivity index (χ0v) is 10.1. The molecule has 16 heavy (non-hydrogen) atoms. The van der Waals surface area contributed by atoms with Gasteiger partial charge in [-0.2, -0.15) is 0 Å². The second kappa shape index (κ2) is 3.78. The zero-order valence-electron chi connectivity index (χ0n) is 10.1. The molecule has 0 spiro atoms. The van der Waals surface area contributed by atoms with E-state index in [9.17, 15) is 4.79 Å². The Morgan fingerprint density at radius 3 is 2.44 bits per heavy atom. The van der Waals surface area contributed by atoms with Crippen LogP contribution in [0.25, 0.3) is 10.8 Å². The van der Waals surface area contributed by atoms with Gasteiger partial charge in [-0.25, -0.2) is 4.79 Å². The van der Waals surface area contributed by atoms with Crippen LogP contribution >= 0.6 is 0 Å². The van der Waals surface area contributed by atoms with E-state index in [0.29, 0.717) is 11.7 Å². The fourth-order valence-corrected chi connectivity index (χ4v) is 2.09. The molecule has 0 fully saturated rings. The highest BCUT2D eigenvalue weighted by atomic mass is 16.4. The summed E-state index contributed by atoms with van der Waals surface area (Å²) in [4.78, 5) is 11.9. The maximum atomic E-state index is 11.9. The van der Waals surface area contributed by atoms with E-state index in [1.807, 2.05) is 12.1 Å². The summed E-state index contributed by atoms with van der Waals surface area (Å²) in [5.74, 6) is 0.991. The van der Waals surface area contributed by atoms with Crippen molar-refractivity contribution in [2.45, 2.75) is 33.6 Å². The Bertz CT molecular complexity index is 586. The molecule has 1 aromatic carbocycles. The molecule has 0 aliphatic carbocycles. The molecule has 2 heteroatoms.